The number of carbonyl (C=O) groups is 1. The number of carbonyl (C=O) groups excluding carboxylic acids is 1. The van der Waals surface area contributed by atoms with Gasteiger partial charge in [0, 0.05) is 6.08 Å². The summed E-state index contributed by atoms with van der Waals surface area (Å²) in [4.78, 5) is 11.3. The first kappa shape index (κ1) is 10.3. The van der Waals surface area contributed by atoms with Gasteiger partial charge in [-0.3, -0.25) is 0 Å². The highest BCUT2D eigenvalue weighted by Gasteiger charge is 2.59. The third kappa shape index (κ3) is 1.33. The summed E-state index contributed by atoms with van der Waals surface area (Å²) < 4.78 is 19.7. The number of alkyl halides is 1. The molecule has 0 heterocycles. The second-order valence-corrected chi connectivity index (χ2v) is 5.70. The van der Waals surface area contributed by atoms with E-state index in [4.69, 9.17) is 4.74 Å². The minimum atomic E-state index is -0.954. The fourth-order valence-corrected chi connectivity index (χ4v) is 4.29. The third-order valence-corrected chi connectivity index (χ3v) is 4.59. The van der Waals surface area contributed by atoms with E-state index in [1.54, 1.807) is 0 Å². The number of halogens is 1. The molecular weight excluding hydrogens is 207 g/mol. The first-order valence-electron chi connectivity index (χ1n) is 6.12. The van der Waals surface area contributed by atoms with Crippen molar-refractivity contribution >= 4 is 5.97 Å². The minimum Gasteiger partial charge on any atom is -0.453 e. The van der Waals surface area contributed by atoms with Crippen molar-refractivity contribution in [1.29, 1.82) is 0 Å². The van der Waals surface area contributed by atoms with E-state index in [1.165, 1.54) is 6.42 Å². The molecule has 3 atom stereocenters. The fraction of sp³-hybridized carbons (Fsp3) is 0.769. The van der Waals surface area contributed by atoms with Crippen molar-refractivity contribution in [3.05, 3.63) is 12.7 Å². The normalized spacial score (nSPS) is 49.1. The van der Waals surface area contributed by atoms with Crippen LogP contribution in [0.15, 0.2) is 12.7 Å². The predicted molar refractivity (Wildman–Crippen MR) is 57.5 cm³/mol. The predicted octanol–water partition coefficient (Wildman–Crippen LogP) is 2.63. The Labute approximate surface area is 94.9 Å². The van der Waals surface area contributed by atoms with E-state index in [9.17, 15) is 9.18 Å². The Morgan fingerprint density at radius 3 is 2.50 bits per heavy atom. The van der Waals surface area contributed by atoms with Crippen LogP contribution in [-0.2, 0) is 9.53 Å². The summed E-state index contributed by atoms with van der Waals surface area (Å²) in [5.74, 6) is 0.803. The Hall–Kier alpha value is -0.860. The molecule has 4 bridgehead atoms. The molecule has 3 heteroatoms. The van der Waals surface area contributed by atoms with Gasteiger partial charge in [-0.05, 0) is 49.9 Å². The topological polar surface area (TPSA) is 26.3 Å². The standard InChI is InChI=1S/C13H17FO2/c1-2-11(15)16-13-6-8-3-9(7-13)5-10(4-8)12(13)14/h2,8-10,12H,1,3-7H2. The molecular formula is C13H17FO2. The highest BCUT2D eigenvalue weighted by molar-refractivity contribution is 5.81. The summed E-state index contributed by atoms with van der Waals surface area (Å²) in [6.07, 6.45) is 4.82. The lowest BCUT2D eigenvalue weighted by atomic mass is 9.53. The zero-order valence-electron chi connectivity index (χ0n) is 9.32. The third-order valence-electron chi connectivity index (χ3n) is 4.59. The molecule has 0 aliphatic heterocycles. The zero-order valence-corrected chi connectivity index (χ0v) is 9.32. The summed E-state index contributed by atoms with van der Waals surface area (Å²) in [7, 11) is 0. The van der Waals surface area contributed by atoms with Crippen molar-refractivity contribution in [2.45, 2.75) is 43.9 Å². The first-order chi connectivity index (χ1) is 7.63. The van der Waals surface area contributed by atoms with Gasteiger partial charge in [-0.15, -0.1) is 0 Å². The zero-order chi connectivity index (χ0) is 11.3. The van der Waals surface area contributed by atoms with Gasteiger partial charge in [0.15, 0.2) is 0 Å². The highest BCUT2D eigenvalue weighted by Crippen LogP contribution is 2.58. The van der Waals surface area contributed by atoms with E-state index in [-0.39, 0.29) is 5.92 Å². The van der Waals surface area contributed by atoms with Crippen LogP contribution in [0, 0.1) is 17.8 Å². The van der Waals surface area contributed by atoms with Gasteiger partial charge in [0.05, 0.1) is 0 Å². The van der Waals surface area contributed by atoms with Crippen LogP contribution in [0.3, 0.4) is 0 Å². The lowest BCUT2D eigenvalue weighted by molar-refractivity contribution is -0.207. The van der Waals surface area contributed by atoms with Crippen LogP contribution >= 0.6 is 0 Å². The monoisotopic (exact) mass is 224 g/mol. The van der Waals surface area contributed by atoms with Crippen LogP contribution in [0.4, 0.5) is 4.39 Å². The molecule has 0 aromatic rings. The molecule has 0 amide bonds. The van der Waals surface area contributed by atoms with Gasteiger partial charge in [0.2, 0.25) is 0 Å². The van der Waals surface area contributed by atoms with Crippen LogP contribution < -0.4 is 0 Å². The molecule has 0 saturated heterocycles. The van der Waals surface area contributed by atoms with Crippen LogP contribution in [0.2, 0.25) is 0 Å². The van der Waals surface area contributed by atoms with Gasteiger partial charge in [-0.25, -0.2) is 9.18 Å². The van der Waals surface area contributed by atoms with E-state index in [0.29, 0.717) is 11.8 Å². The van der Waals surface area contributed by atoms with Crippen LogP contribution in [0.1, 0.15) is 32.1 Å². The number of hydrogen-bond acceptors (Lipinski definition) is 2. The Bertz CT molecular complexity index is 325. The van der Waals surface area contributed by atoms with Gasteiger partial charge >= 0.3 is 5.97 Å². The van der Waals surface area contributed by atoms with E-state index >= 15 is 0 Å². The molecule has 0 N–H and O–H groups in total. The van der Waals surface area contributed by atoms with Crippen LogP contribution in [-0.4, -0.2) is 17.7 Å². The summed E-state index contributed by atoms with van der Waals surface area (Å²) in [6, 6.07) is 0. The quantitative estimate of drug-likeness (QED) is 0.532. The van der Waals surface area contributed by atoms with Crippen molar-refractivity contribution < 1.29 is 13.9 Å². The minimum absolute atomic E-state index is 0.129. The second-order valence-electron chi connectivity index (χ2n) is 5.70. The molecule has 4 rings (SSSR count). The lowest BCUT2D eigenvalue weighted by Gasteiger charge is -2.57. The number of hydrogen-bond donors (Lipinski definition) is 0. The molecule has 0 aromatic carbocycles. The maximum atomic E-state index is 14.3. The first-order valence-corrected chi connectivity index (χ1v) is 6.12. The summed E-state index contributed by atoms with van der Waals surface area (Å²) in [5, 5.41) is 0. The van der Waals surface area contributed by atoms with Crippen molar-refractivity contribution in [2.24, 2.45) is 17.8 Å². The average molecular weight is 224 g/mol. The maximum Gasteiger partial charge on any atom is 0.330 e. The van der Waals surface area contributed by atoms with Crippen molar-refractivity contribution in [3.63, 3.8) is 0 Å². The number of ether oxygens (including phenoxy) is 1. The molecule has 2 nitrogen and oxygen atoms in total. The van der Waals surface area contributed by atoms with Gasteiger partial charge in [0.25, 0.3) is 0 Å². The summed E-state index contributed by atoms with van der Waals surface area (Å²) in [5.41, 5.74) is -0.806. The maximum absolute atomic E-state index is 14.3. The Kier molecular flexibility index (Phi) is 2.13. The Morgan fingerprint density at radius 2 is 1.94 bits per heavy atom. The van der Waals surface area contributed by atoms with E-state index < -0.39 is 17.7 Å². The SMILES string of the molecule is C=CC(=O)OC12CC3CC(CC(C3)C1F)C2. The van der Waals surface area contributed by atoms with Crippen molar-refractivity contribution in [1.82, 2.24) is 0 Å². The van der Waals surface area contributed by atoms with E-state index in [1.807, 2.05) is 0 Å². The fourth-order valence-electron chi connectivity index (χ4n) is 4.29. The van der Waals surface area contributed by atoms with Gasteiger partial charge < -0.3 is 4.74 Å². The molecule has 4 aliphatic rings. The molecule has 0 radical (unpaired) electrons. The number of esters is 1. The van der Waals surface area contributed by atoms with Crippen molar-refractivity contribution in [3.8, 4) is 0 Å². The Balaban J connectivity index is 1.87. The lowest BCUT2D eigenvalue weighted by Crippen LogP contribution is -2.60. The Morgan fingerprint density at radius 1 is 1.31 bits per heavy atom. The molecule has 4 fully saturated rings. The summed E-state index contributed by atoms with van der Waals surface area (Å²) >= 11 is 0. The van der Waals surface area contributed by atoms with E-state index in [2.05, 4.69) is 6.58 Å². The van der Waals surface area contributed by atoms with Gasteiger partial charge in [-0.2, -0.15) is 0 Å². The molecule has 88 valence electrons. The second kappa shape index (κ2) is 3.31. The number of rotatable bonds is 2. The average Bonchev–Trinajstić information content (AvgIpc) is 2.24. The largest absolute Gasteiger partial charge is 0.453 e. The molecule has 0 aromatic heterocycles. The van der Waals surface area contributed by atoms with Crippen molar-refractivity contribution in [2.75, 3.05) is 0 Å². The molecule has 0 spiro atoms. The summed E-state index contributed by atoms with van der Waals surface area (Å²) in [6.45, 7) is 3.39. The van der Waals surface area contributed by atoms with Crippen LogP contribution in [0.25, 0.3) is 0 Å². The van der Waals surface area contributed by atoms with Gasteiger partial charge in [0.1, 0.15) is 11.8 Å². The van der Waals surface area contributed by atoms with Gasteiger partial charge in [-0.1, -0.05) is 6.58 Å². The smallest absolute Gasteiger partial charge is 0.330 e. The molecule has 16 heavy (non-hydrogen) atoms. The molecule has 4 aliphatic carbocycles. The molecule has 4 saturated carbocycles. The van der Waals surface area contributed by atoms with Crippen LogP contribution in [0.5, 0.6) is 0 Å². The highest BCUT2D eigenvalue weighted by atomic mass is 19.1. The van der Waals surface area contributed by atoms with E-state index in [0.717, 1.165) is 31.8 Å². The molecule has 3 unspecified atom stereocenters.